The van der Waals surface area contributed by atoms with Crippen LogP contribution in [0.4, 0.5) is 43.5 Å². The molecule has 2 heterocycles. The molecule has 1 N–H and O–H groups in total. The Bertz CT molecular complexity index is 1180. The molecule has 0 amide bonds. The van der Waals surface area contributed by atoms with Gasteiger partial charge in [-0.15, -0.1) is 13.2 Å². The summed E-state index contributed by atoms with van der Waals surface area (Å²) in [6.07, 6.45) is -9.37. The molecule has 4 nitrogen and oxygen atoms in total. The lowest BCUT2D eigenvalue weighted by molar-refractivity contribution is -0.274. The van der Waals surface area contributed by atoms with Crippen LogP contribution >= 0.6 is 11.9 Å². The fourth-order valence-electron chi connectivity index (χ4n) is 3.37. The number of hydrogen-bond donors (Lipinski definition) is 1. The second-order valence-electron chi connectivity index (χ2n) is 7.38. The van der Waals surface area contributed by atoms with Gasteiger partial charge in [0.1, 0.15) is 17.3 Å². The highest BCUT2D eigenvalue weighted by molar-refractivity contribution is 8.00. The molecule has 1 aromatic heterocycles. The summed E-state index contributed by atoms with van der Waals surface area (Å²) < 4.78 is 82.6. The topological polar surface area (TPSA) is 37.4 Å². The average Bonchev–Trinajstić information content (AvgIpc) is 2.86. The van der Waals surface area contributed by atoms with E-state index in [0.29, 0.717) is 16.1 Å². The maximum atomic E-state index is 13.2. The normalized spacial score (nSPS) is 13.6. The minimum Gasteiger partial charge on any atom is -0.406 e. The number of rotatable bonds is 3. The van der Waals surface area contributed by atoms with Crippen molar-refractivity contribution in [3.63, 3.8) is 0 Å². The Kier molecular flexibility index (Phi) is 5.85. The summed E-state index contributed by atoms with van der Waals surface area (Å²) in [7, 11) is 0. The van der Waals surface area contributed by atoms with Crippen molar-refractivity contribution < 1.29 is 31.1 Å². The minimum atomic E-state index is -4.79. The van der Waals surface area contributed by atoms with Crippen LogP contribution in [0.5, 0.6) is 5.75 Å². The van der Waals surface area contributed by atoms with E-state index < -0.39 is 18.2 Å². The Balaban J connectivity index is 1.71. The first-order valence-electron chi connectivity index (χ1n) is 9.66. The Morgan fingerprint density at radius 3 is 2.27 bits per heavy atom. The number of fused-ring (bicyclic) bond motifs is 2. The fraction of sp³-hybridized carbons (Fsp3) is 0.227. The monoisotopic (exact) mass is 485 g/mol. The third kappa shape index (κ3) is 5.13. The quantitative estimate of drug-likeness (QED) is 0.309. The zero-order valence-corrected chi connectivity index (χ0v) is 18.1. The van der Waals surface area contributed by atoms with E-state index in [9.17, 15) is 26.3 Å². The van der Waals surface area contributed by atoms with Crippen molar-refractivity contribution in [2.75, 3.05) is 9.62 Å². The SMILES string of the molecule is Cc1ccc2c(c1C)N(Sc1ccc(OC(F)(F)F)cc1)Cc1ccc(C(F)(F)F)nc1N2. The summed E-state index contributed by atoms with van der Waals surface area (Å²) >= 11 is 1.25. The number of benzene rings is 2. The highest BCUT2D eigenvalue weighted by atomic mass is 32.2. The van der Waals surface area contributed by atoms with Crippen LogP contribution in [0.15, 0.2) is 53.4 Å². The highest BCUT2D eigenvalue weighted by Crippen LogP contribution is 2.44. The number of nitrogens with zero attached hydrogens (tertiary/aromatic N) is 2. The third-order valence-corrected chi connectivity index (χ3v) is 6.08. The maximum absolute atomic E-state index is 13.2. The van der Waals surface area contributed by atoms with Gasteiger partial charge in [0.15, 0.2) is 0 Å². The molecule has 3 aromatic rings. The Labute approximate surface area is 189 Å². The van der Waals surface area contributed by atoms with Crippen molar-refractivity contribution >= 4 is 29.1 Å². The van der Waals surface area contributed by atoms with E-state index in [-0.39, 0.29) is 18.1 Å². The Morgan fingerprint density at radius 1 is 0.939 bits per heavy atom. The predicted molar refractivity (Wildman–Crippen MR) is 114 cm³/mol. The molecule has 0 bridgehead atoms. The molecule has 33 heavy (non-hydrogen) atoms. The van der Waals surface area contributed by atoms with Gasteiger partial charge in [-0.1, -0.05) is 12.1 Å². The fourth-order valence-corrected chi connectivity index (χ4v) is 4.42. The lowest BCUT2D eigenvalue weighted by Crippen LogP contribution is -2.17. The van der Waals surface area contributed by atoms with Crippen LogP contribution in [0.1, 0.15) is 22.4 Å². The van der Waals surface area contributed by atoms with Crippen molar-refractivity contribution in [1.29, 1.82) is 0 Å². The first kappa shape index (κ1) is 23.1. The molecule has 0 aliphatic carbocycles. The van der Waals surface area contributed by atoms with E-state index >= 15 is 0 Å². The second-order valence-corrected chi connectivity index (χ2v) is 8.47. The van der Waals surface area contributed by atoms with Crippen LogP contribution in [0.25, 0.3) is 0 Å². The van der Waals surface area contributed by atoms with Gasteiger partial charge >= 0.3 is 12.5 Å². The van der Waals surface area contributed by atoms with Crippen LogP contribution in [0, 0.1) is 13.8 Å². The molecule has 0 saturated heterocycles. The summed E-state index contributed by atoms with van der Waals surface area (Å²) in [5.74, 6) is -0.239. The molecule has 174 valence electrons. The first-order chi connectivity index (χ1) is 15.4. The van der Waals surface area contributed by atoms with Crippen molar-refractivity contribution in [3.8, 4) is 5.75 Å². The largest absolute Gasteiger partial charge is 0.573 e. The summed E-state index contributed by atoms with van der Waals surface area (Å²) in [6, 6.07) is 11.3. The number of aryl methyl sites for hydroxylation is 1. The van der Waals surface area contributed by atoms with Crippen molar-refractivity contribution in [2.24, 2.45) is 0 Å². The van der Waals surface area contributed by atoms with E-state index in [4.69, 9.17) is 0 Å². The Hall–Kier alpha value is -3.08. The number of nitrogens with one attached hydrogen (secondary N) is 1. The van der Waals surface area contributed by atoms with Crippen LogP contribution in [-0.4, -0.2) is 11.3 Å². The van der Waals surface area contributed by atoms with E-state index in [2.05, 4.69) is 15.0 Å². The van der Waals surface area contributed by atoms with Crippen LogP contribution < -0.4 is 14.4 Å². The number of ether oxygens (including phenoxy) is 1. The molecule has 1 aliphatic rings. The average molecular weight is 485 g/mol. The number of anilines is 3. The van der Waals surface area contributed by atoms with Crippen LogP contribution in [-0.2, 0) is 12.7 Å². The van der Waals surface area contributed by atoms with Crippen LogP contribution in [0.3, 0.4) is 0 Å². The molecular formula is C22H17F6N3OS. The number of hydrogen-bond acceptors (Lipinski definition) is 5. The van der Waals surface area contributed by atoms with E-state index in [1.807, 2.05) is 24.2 Å². The van der Waals surface area contributed by atoms with Gasteiger partial charge in [0, 0.05) is 10.5 Å². The first-order valence-corrected chi connectivity index (χ1v) is 10.4. The van der Waals surface area contributed by atoms with Crippen molar-refractivity contribution in [2.45, 2.75) is 37.8 Å². The molecule has 4 rings (SSSR count). The smallest absolute Gasteiger partial charge is 0.406 e. The van der Waals surface area contributed by atoms with E-state index in [1.165, 1.54) is 42.3 Å². The number of pyridine rings is 1. The molecule has 0 fully saturated rings. The van der Waals surface area contributed by atoms with Crippen molar-refractivity contribution in [3.05, 3.63) is 70.9 Å². The lowest BCUT2D eigenvalue weighted by Gasteiger charge is -2.26. The summed E-state index contributed by atoms with van der Waals surface area (Å²) in [5, 5.41) is 3.02. The standard InChI is InChI=1S/C22H17F6N3OS/c1-12-3-9-17-19(13(12)2)31(33-16-7-5-15(6-8-16)32-22(26,27)28)11-14-4-10-18(21(23,24)25)30-20(14)29-17/h3-10H,11H2,1-2H3,(H,29,30). The van der Waals surface area contributed by atoms with Crippen LogP contribution in [0.2, 0.25) is 0 Å². The molecule has 1 aliphatic heterocycles. The lowest BCUT2D eigenvalue weighted by atomic mass is 10.1. The second kappa shape index (κ2) is 8.36. The maximum Gasteiger partial charge on any atom is 0.573 e. The van der Waals surface area contributed by atoms with Gasteiger partial charge in [0.05, 0.1) is 17.9 Å². The zero-order chi connectivity index (χ0) is 24.0. The number of alkyl halides is 6. The molecule has 0 saturated carbocycles. The summed E-state index contributed by atoms with van der Waals surface area (Å²) in [6.45, 7) is 4.03. The van der Waals surface area contributed by atoms with Gasteiger partial charge in [-0.25, -0.2) is 4.98 Å². The Morgan fingerprint density at radius 2 is 1.64 bits per heavy atom. The third-order valence-electron chi connectivity index (χ3n) is 5.06. The molecule has 0 spiro atoms. The highest BCUT2D eigenvalue weighted by Gasteiger charge is 2.34. The van der Waals surface area contributed by atoms with E-state index in [1.54, 1.807) is 6.07 Å². The molecule has 0 atom stereocenters. The van der Waals surface area contributed by atoms with Gasteiger partial charge < -0.3 is 14.4 Å². The number of halogens is 6. The molecule has 0 unspecified atom stereocenters. The van der Waals surface area contributed by atoms with Gasteiger partial charge in [-0.3, -0.25) is 0 Å². The molecule has 11 heteroatoms. The van der Waals surface area contributed by atoms with Gasteiger partial charge in [0.2, 0.25) is 0 Å². The van der Waals surface area contributed by atoms with Gasteiger partial charge in [-0.2, -0.15) is 13.2 Å². The molecule has 0 radical (unpaired) electrons. The molecule has 2 aromatic carbocycles. The zero-order valence-electron chi connectivity index (χ0n) is 17.3. The van der Waals surface area contributed by atoms with Crippen molar-refractivity contribution in [1.82, 2.24) is 4.98 Å². The predicted octanol–water partition coefficient (Wildman–Crippen LogP) is 7.39. The minimum absolute atomic E-state index is 0.103. The molecular weight excluding hydrogens is 468 g/mol. The van der Waals surface area contributed by atoms with Gasteiger partial charge in [-0.05, 0) is 73.3 Å². The van der Waals surface area contributed by atoms with E-state index in [0.717, 1.165) is 22.9 Å². The summed E-state index contributed by atoms with van der Waals surface area (Å²) in [4.78, 5) is 4.41. The number of aromatic nitrogens is 1. The van der Waals surface area contributed by atoms with Gasteiger partial charge in [0.25, 0.3) is 0 Å². The summed E-state index contributed by atoms with van der Waals surface area (Å²) in [5.41, 5.74) is 2.76.